The van der Waals surface area contributed by atoms with Gasteiger partial charge in [0.25, 0.3) is 0 Å². The van der Waals surface area contributed by atoms with Crippen LogP contribution in [0, 0.1) is 19.7 Å². The fourth-order valence-electron chi connectivity index (χ4n) is 2.43. The number of hydrogen-bond donors (Lipinski definition) is 1. The first-order chi connectivity index (χ1) is 9.38. The summed E-state index contributed by atoms with van der Waals surface area (Å²) in [5, 5.41) is 4.90. The summed E-state index contributed by atoms with van der Waals surface area (Å²) >= 11 is 5.89. The number of aryl methyl sites for hydroxylation is 2. The molecule has 0 aliphatic carbocycles. The molecule has 1 heterocycles. The van der Waals surface area contributed by atoms with Crippen molar-refractivity contribution in [2.75, 3.05) is 0 Å². The van der Waals surface area contributed by atoms with E-state index in [-0.39, 0.29) is 11.9 Å². The van der Waals surface area contributed by atoms with E-state index >= 15 is 0 Å². The molecule has 1 aromatic heterocycles. The third kappa shape index (κ3) is 3.19. The lowest BCUT2D eigenvalue weighted by atomic mass is 9.98. The highest BCUT2D eigenvalue weighted by Crippen LogP contribution is 2.19. The number of rotatable bonds is 4. The summed E-state index contributed by atoms with van der Waals surface area (Å²) in [5.74, 6) is -0.260. The Morgan fingerprint density at radius 2 is 2.05 bits per heavy atom. The number of nitrogens with zero attached hydrogens (tertiary/aromatic N) is 2. The van der Waals surface area contributed by atoms with Gasteiger partial charge in [-0.15, -0.1) is 0 Å². The number of nitrogens with two attached hydrogens (primary N) is 1. The molecule has 0 spiro atoms. The first-order valence-corrected chi connectivity index (χ1v) is 6.95. The van der Waals surface area contributed by atoms with Gasteiger partial charge < -0.3 is 5.73 Å². The van der Waals surface area contributed by atoms with Crippen LogP contribution in [0.1, 0.15) is 22.5 Å². The third-order valence-electron chi connectivity index (χ3n) is 3.62. The zero-order chi connectivity index (χ0) is 14.9. The third-order valence-corrected chi connectivity index (χ3v) is 3.85. The van der Waals surface area contributed by atoms with E-state index in [1.165, 1.54) is 6.07 Å². The summed E-state index contributed by atoms with van der Waals surface area (Å²) in [4.78, 5) is 0. The van der Waals surface area contributed by atoms with Crippen LogP contribution < -0.4 is 5.73 Å². The summed E-state index contributed by atoms with van der Waals surface area (Å²) in [6.07, 6.45) is 1.14. The molecular formula is C15H19ClFN3. The molecule has 1 aromatic carbocycles. The number of aromatic nitrogens is 2. The average Bonchev–Trinajstić information content (AvgIpc) is 2.61. The van der Waals surface area contributed by atoms with Crippen molar-refractivity contribution in [1.29, 1.82) is 0 Å². The van der Waals surface area contributed by atoms with Gasteiger partial charge in [-0.25, -0.2) is 4.39 Å². The van der Waals surface area contributed by atoms with Crippen molar-refractivity contribution in [1.82, 2.24) is 9.78 Å². The molecule has 0 aliphatic rings. The van der Waals surface area contributed by atoms with Gasteiger partial charge >= 0.3 is 0 Å². The van der Waals surface area contributed by atoms with Crippen LogP contribution in [0.5, 0.6) is 0 Å². The fraction of sp³-hybridized carbons (Fsp3) is 0.400. The predicted octanol–water partition coefficient (Wildman–Crippen LogP) is 2.94. The molecule has 0 aliphatic heterocycles. The van der Waals surface area contributed by atoms with E-state index in [0.29, 0.717) is 23.4 Å². The maximum Gasteiger partial charge on any atom is 0.126 e. The minimum Gasteiger partial charge on any atom is -0.327 e. The molecule has 0 saturated heterocycles. The predicted molar refractivity (Wildman–Crippen MR) is 79.5 cm³/mol. The Bertz CT molecular complexity index is 622. The smallest absolute Gasteiger partial charge is 0.126 e. The van der Waals surface area contributed by atoms with E-state index in [0.717, 1.165) is 17.0 Å². The first-order valence-electron chi connectivity index (χ1n) is 6.57. The van der Waals surface area contributed by atoms with E-state index in [4.69, 9.17) is 17.3 Å². The monoisotopic (exact) mass is 295 g/mol. The maximum atomic E-state index is 13.7. The lowest BCUT2D eigenvalue weighted by Gasteiger charge is -2.13. The molecule has 0 amide bonds. The first kappa shape index (κ1) is 15.0. The SMILES string of the molecule is Cc1nn(C)c(C)c1CC(N)Cc1cc(Cl)ccc1F. The van der Waals surface area contributed by atoms with Gasteiger partial charge in [-0.2, -0.15) is 5.10 Å². The molecular weight excluding hydrogens is 277 g/mol. The molecule has 5 heteroatoms. The second-order valence-electron chi connectivity index (χ2n) is 5.18. The van der Waals surface area contributed by atoms with Gasteiger partial charge in [0, 0.05) is 23.8 Å². The minimum absolute atomic E-state index is 0.162. The van der Waals surface area contributed by atoms with E-state index in [2.05, 4.69) is 5.10 Å². The molecule has 0 fully saturated rings. The molecule has 2 rings (SSSR count). The van der Waals surface area contributed by atoms with E-state index < -0.39 is 0 Å². The van der Waals surface area contributed by atoms with E-state index in [1.807, 2.05) is 25.6 Å². The lowest BCUT2D eigenvalue weighted by molar-refractivity contribution is 0.583. The van der Waals surface area contributed by atoms with Crippen molar-refractivity contribution in [2.45, 2.75) is 32.7 Å². The Labute approximate surface area is 123 Å². The zero-order valence-electron chi connectivity index (χ0n) is 12.0. The summed E-state index contributed by atoms with van der Waals surface area (Å²) < 4.78 is 15.5. The van der Waals surface area contributed by atoms with Crippen molar-refractivity contribution in [2.24, 2.45) is 12.8 Å². The molecule has 0 saturated carbocycles. The van der Waals surface area contributed by atoms with Crippen LogP contribution in [-0.2, 0) is 19.9 Å². The Morgan fingerprint density at radius 3 is 2.65 bits per heavy atom. The molecule has 20 heavy (non-hydrogen) atoms. The standard InChI is InChI=1S/C15H19ClFN3/c1-9-14(10(2)20(3)19-9)8-13(18)7-11-6-12(16)4-5-15(11)17/h4-6,13H,7-8,18H2,1-3H3. The van der Waals surface area contributed by atoms with Gasteiger partial charge in [0.05, 0.1) is 5.69 Å². The fourth-order valence-corrected chi connectivity index (χ4v) is 2.62. The van der Waals surface area contributed by atoms with Crippen LogP contribution in [0.4, 0.5) is 4.39 Å². The van der Waals surface area contributed by atoms with Crippen molar-refractivity contribution >= 4 is 11.6 Å². The highest BCUT2D eigenvalue weighted by Gasteiger charge is 2.15. The average molecular weight is 296 g/mol. The molecule has 0 radical (unpaired) electrons. The zero-order valence-corrected chi connectivity index (χ0v) is 12.7. The van der Waals surface area contributed by atoms with Crippen molar-refractivity contribution in [3.63, 3.8) is 0 Å². The van der Waals surface area contributed by atoms with Crippen molar-refractivity contribution in [3.8, 4) is 0 Å². The summed E-state index contributed by atoms with van der Waals surface area (Å²) in [7, 11) is 1.91. The van der Waals surface area contributed by atoms with Crippen LogP contribution in [0.15, 0.2) is 18.2 Å². The van der Waals surface area contributed by atoms with Gasteiger partial charge in [-0.05, 0) is 56.0 Å². The van der Waals surface area contributed by atoms with Gasteiger partial charge in [0.15, 0.2) is 0 Å². The molecule has 2 N–H and O–H groups in total. The minimum atomic E-state index is -0.260. The van der Waals surface area contributed by atoms with Crippen LogP contribution >= 0.6 is 11.6 Å². The number of benzene rings is 1. The highest BCUT2D eigenvalue weighted by atomic mass is 35.5. The molecule has 2 aromatic rings. The number of hydrogen-bond acceptors (Lipinski definition) is 2. The second kappa shape index (κ2) is 5.94. The van der Waals surface area contributed by atoms with Gasteiger partial charge in [-0.3, -0.25) is 4.68 Å². The van der Waals surface area contributed by atoms with Crippen LogP contribution in [-0.4, -0.2) is 15.8 Å². The summed E-state index contributed by atoms with van der Waals surface area (Å²) in [6.45, 7) is 3.98. The molecule has 0 bridgehead atoms. The van der Waals surface area contributed by atoms with Crippen molar-refractivity contribution < 1.29 is 4.39 Å². The highest BCUT2D eigenvalue weighted by molar-refractivity contribution is 6.30. The second-order valence-corrected chi connectivity index (χ2v) is 5.61. The van der Waals surface area contributed by atoms with E-state index in [1.54, 1.807) is 12.1 Å². The van der Waals surface area contributed by atoms with Gasteiger partial charge in [0.2, 0.25) is 0 Å². The Hall–Kier alpha value is -1.39. The largest absolute Gasteiger partial charge is 0.327 e. The van der Waals surface area contributed by atoms with E-state index in [9.17, 15) is 4.39 Å². The van der Waals surface area contributed by atoms with Crippen molar-refractivity contribution in [3.05, 3.63) is 51.6 Å². The summed E-state index contributed by atoms with van der Waals surface area (Å²) in [5.41, 5.74) is 9.94. The molecule has 3 nitrogen and oxygen atoms in total. The van der Waals surface area contributed by atoms with Crippen LogP contribution in [0.2, 0.25) is 5.02 Å². The van der Waals surface area contributed by atoms with Gasteiger partial charge in [0.1, 0.15) is 5.82 Å². The molecule has 1 atom stereocenters. The normalized spacial score (nSPS) is 12.7. The summed E-state index contributed by atoms with van der Waals surface area (Å²) in [6, 6.07) is 4.40. The quantitative estimate of drug-likeness (QED) is 0.942. The Balaban J connectivity index is 2.13. The molecule has 108 valence electrons. The van der Waals surface area contributed by atoms with Crippen LogP contribution in [0.3, 0.4) is 0 Å². The Kier molecular flexibility index (Phi) is 4.45. The van der Waals surface area contributed by atoms with Crippen LogP contribution in [0.25, 0.3) is 0 Å². The number of halogens is 2. The maximum absolute atomic E-state index is 13.7. The lowest BCUT2D eigenvalue weighted by Crippen LogP contribution is -2.26. The van der Waals surface area contributed by atoms with Gasteiger partial charge in [-0.1, -0.05) is 11.6 Å². The Morgan fingerprint density at radius 1 is 1.35 bits per heavy atom. The molecule has 1 unspecified atom stereocenters. The topological polar surface area (TPSA) is 43.8 Å².